The predicted molar refractivity (Wildman–Crippen MR) is 232 cm³/mol. The van der Waals surface area contributed by atoms with E-state index in [0.717, 1.165) is 40.4 Å². The van der Waals surface area contributed by atoms with Gasteiger partial charge in [-0.05, 0) is 68.7 Å². The van der Waals surface area contributed by atoms with Gasteiger partial charge in [0, 0.05) is 61.5 Å². The molecule has 0 radical (unpaired) electrons. The Bertz CT molecular complexity index is 2300. The maximum absolute atomic E-state index is 12.9. The van der Waals surface area contributed by atoms with E-state index in [1.54, 1.807) is 11.8 Å². The number of hydrogen-bond acceptors (Lipinski definition) is 12. The van der Waals surface area contributed by atoms with Crippen LogP contribution in [0.1, 0.15) is 102 Å². The zero-order valence-electron chi connectivity index (χ0n) is 34.0. The minimum absolute atomic E-state index is 0. The number of hydrogen-bond donors (Lipinski definition) is 4. The Morgan fingerprint density at radius 2 is 1.44 bits per heavy atom. The molecule has 0 atom stereocenters. The number of aromatic hydroxyl groups is 1. The van der Waals surface area contributed by atoms with Crippen LogP contribution in [0.15, 0.2) is 91.0 Å². The smallest absolute Gasteiger partial charge is 0.360 e. The van der Waals surface area contributed by atoms with Crippen molar-refractivity contribution in [3.63, 3.8) is 0 Å². The molecule has 0 spiro atoms. The number of amides is 3. The number of carbonyl (C=O) groups is 5. The van der Waals surface area contributed by atoms with Gasteiger partial charge in [-0.25, -0.2) is 4.79 Å². The third kappa shape index (κ3) is 15.1. The Morgan fingerprint density at radius 1 is 0.803 bits per heavy atom. The second kappa shape index (κ2) is 24.6. The number of anilines is 1. The van der Waals surface area contributed by atoms with E-state index in [1.807, 2.05) is 86.6 Å². The van der Waals surface area contributed by atoms with Gasteiger partial charge in [-0.3, -0.25) is 19.2 Å². The van der Waals surface area contributed by atoms with Crippen molar-refractivity contribution >= 4 is 35.2 Å². The molecular weight excluding hydrogens is 777 g/mol. The van der Waals surface area contributed by atoms with Crippen molar-refractivity contribution in [2.24, 2.45) is 5.90 Å². The van der Waals surface area contributed by atoms with Gasteiger partial charge in [0.1, 0.15) is 17.1 Å². The van der Waals surface area contributed by atoms with Crippen LogP contribution in [0.4, 0.5) is 5.69 Å². The second-order valence-electron chi connectivity index (χ2n) is 13.6. The van der Waals surface area contributed by atoms with Crippen LogP contribution >= 0.6 is 0 Å². The monoisotopic (exact) mass is 828 g/mol. The van der Waals surface area contributed by atoms with E-state index in [4.69, 9.17) is 5.90 Å². The number of Topliss-reactive ketones (excluding diaryl/α,β-unsaturated/α-hetero) is 1. The SMILES string of the molecule is C.CC(=O)NCCCNC(=O)c1ccc(C(=O)ON)c(O)c1.CCCC(=O)CCC(=O)N1Cc2ccccc2C#Cc2ccccc21.Cc1ccc(-c2nnc(C)nn2)cc1. The number of phenols is 1. The summed E-state index contributed by atoms with van der Waals surface area (Å²) in [5, 5.41) is 30.5. The van der Waals surface area contributed by atoms with Gasteiger partial charge in [-0.2, -0.15) is 5.90 Å². The summed E-state index contributed by atoms with van der Waals surface area (Å²) in [7, 11) is 0. The van der Waals surface area contributed by atoms with Crippen LogP contribution in [0, 0.1) is 25.7 Å². The lowest BCUT2D eigenvalue weighted by Gasteiger charge is -2.26. The lowest BCUT2D eigenvalue weighted by Crippen LogP contribution is -2.32. The number of nitrogens with two attached hydrogens (primary N) is 1. The Kier molecular flexibility index (Phi) is 19.4. The van der Waals surface area contributed by atoms with Gasteiger partial charge < -0.3 is 25.5 Å². The third-order valence-electron chi connectivity index (χ3n) is 8.81. The fourth-order valence-corrected chi connectivity index (χ4v) is 5.66. The molecule has 61 heavy (non-hydrogen) atoms. The van der Waals surface area contributed by atoms with E-state index in [9.17, 15) is 29.1 Å². The van der Waals surface area contributed by atoms with Gasteiger partial charge in [0.2, 0.25) is 17.6 Å². The summed E-state index contributed by atoms with van der Waals surface area (Å²) in [4.78, 5) is 64.0. The van der Waals surface area contributed by atoms with Crippen molar-refractivity contribution in [1.29, 1.82) is 0 Å². The van der Waals surface area contributed by atoms with Gasteiger partial charge in [0.15, 0.2) is 5.82 Å². The van der Waals surface area contributed by atoms with Crippen LogP contribution in [-0.2, 0) is 25.8 Å². The normalized spacial score (nSPS) is 10.7. The average molecular weight is 829 g/mol. The van der Waals surface area contributed by atoms with Gasteiger partial charge >= 0.3 is 5.97 Å². The zero-order chi connectivity index (χ0) is 43.4. The van der Waals surface area contributed by atoms with Crippen molar-refractivity contribution in [2.75, 3.05) is 18.0 Å². The summed E-state index contributed by atoms with van der Waals surface area (Å²) in [5.41, 5.74) is 5.84. The number of nitrogens with zero attached hydrogens (tertiary/aromatic N) is 5. The predicted octanol–water partition coefficient (Wildman–Crippen LogP) is 5.95. The topological polar surface area (TPSA) is 220 Å². The molecule has 0 saturated heterocycles. The first kappa shape index (κ1) is 48.1. The van der Waals surface area contributed by atoms with E-state index < -0.39 is 17.6 Å². The summed E-state index contributed by atoms with van der Waals surface area (Å²) in [5.74, 6) is 10.6. The molecule has 0 fully saturated rings. The molecule has 1 aliphatic rings. The van der Waals surface area contributed by atoms with Crippen molar-refractivity contribution in [3.8, 4) is 29.0 Å². The Morgan fingerprint density at radius 3 is 2.10 bits per heavy atom. The molecule has 0 bridgehead atoms. The van der Waals surface area contributed by atoms with E-state index in [1.165, 1.54) is 24.6 Å². The maximum Gasteiger partial charge on any atom is 0.360 e. The van der Waals surface area contributed by atoms with Gasteiger partial charge in [-0.1, -0.05) is 86.4 Å². The molecule has 318 valence electrons. The number of rotatable bonds is 12. The largest absolute Gasteiger partial charge is 0.507 e. The number of aryl methyl sites for hydroxylation is 2. The van der Waals surface area contributed by atoms with Crippen LogP contribution in [0.5, 0.6) is 5.75 Å². The van der Waals surface area contributed by atoms with Crippen LogP contribution < -0.4 is 21.4 Å². The molecule has 4 aromatic carbocycles. The highest BCUT2D eigenvalue weighted by Crippen LogP contribution is 2.26. The van der Waals surface area contributed by atoms with Gasteiger partial charge in [-0.15, -0.1) is 20.4 Å². The molecule has 6 rings (SSSR count). The summed E-state index contributed by atoms with van der Waals surface area (Å²) < 4.78 is 0. The Hall–Kier alpha value is -7.31. The molecule has 1 aliphatic heterocycles. The summed E-state index contributed by atoms with van der Waals surface area (Å²) in [6.07, 6.45) is 2.48. The fraction of sp³-hybridized carbons (Fsp3) is 0.283. The number of nitrogens with one attached hydrogen (secondary N) is 2. The highest BCUT2D eigenvalue weighted by atomic mass is 16.7. The number of carbonyl (C=O) groups excluding carboxylic acids is 5. The number of fused-ring (bicyclic) bond motifs is 2. The minimum Gasteiger partial charge on any atom is -0.507 e. The average Bonchev–Trinajstić information content (AvgIpc) is 3.24. The Balaban J connectivity index is 0.000000251. The third-order valence-corrected chi connectivity index (χ3v) is 8.81. The van der Waals surface area contributed by atoms with Crippen LogP contribution in [0.25, 0.3) is 11.4 Å². The van der Waals surface area contributed by atoms with E-state index in [0.29, 0.717) is 50.5 Å². The zero-order valence-corrected chi connectivity index (χ0v) is 34.0. The number of para-hydroxylation sites is 1. The Labute approximate surface area is 356 Å². The highest BCUT2D eigenvalue weighted by molar-refractivity contribution is 5.98. The molecular formula is C46H52N8O7. The first-order valence-electron chi connectivity index (χ1n) is 19.3. The van der Waals surface area contributed by atoms with E-state index in [-0.39, 0.29) is 42.6 Å². The number of aromatic nitrogens is 4. The van der Waals surface area contributed by atoms with Crippen LogP contribution in [0.3, 0.4) is 0 Å². The van der Waals surface area contributed by atoms with Crippen molar-refractivity contribution in [3.05, 3.63) is 130 Å². The lowest BCUT2D eigenvalue weighted by atomic mass is 10.0. The van der Waals surface area contributed by atoms with Crippen molar-refractivity contribution in [2.45, 2.75) is 73.8 Å². The van der Waals surface area contributed by atoms with Crippen LogP contribution in [0.2, 0.25) is 0 Å². The first-order chi connectivity index (χ1) is 28.9. The molecule has 15 nitrogen and oxygen atoms in total. The highest BCUT2D eigenvalue weighted by Gasteiger charge is 2.21. The molecule has 5 aromatic rings. The van der Waals surface area contributed by atoms with Gasteiger partial charge in [0.25, 0.3) is 5.91 Å². The lowest BCUT2D eigenvalue weighted by molar-refractivity contribution is -0.124. The standard InChI is InChI=1S/C22H21NO2.C13H17N3O5.C10H10N4.CH4/c1-2-7-20(24)14-15-22(25)23-16-19-10-4-3-8-17(19)12-13-18-9-5-6-11-21(18)23;1-8(17)15-5-2-6-16-12(19)9-3-4-10(11(18)7-9)13(20)21-14;1-7-3-5-9(6-4-7)10-13-11-8(2)12-14-10;/h3-6,8-11H,2,7,14-16H2,1H3;3-4,7,18H,2,5-6,14H2,1H3,(H,15,17)(H,16,19);3-6H,1-2H3;1H4. The number of benzene rings is 4. The van der Waals surface area contributed by atoms with E-state index in [2.05, 4.69) is 47.7 Å². The summed E-state index contributed by atoms with van der Waals surface area (Å²) in [6.45, 7) is 8.49. The molecule has 3 amide bonds. The van der Waals surface area contributed by atoms with Crippen LogP contribution in [-0.4, -0.2) is 68.1 Å². The summed E-state index contributed by atoms with van der Waals surface area (Å²) >= 11 is 0. The summed E-state index contributed by atoms with van der Waals surface area (Å²) in [6, 6.07) is 27.3. The quantitative estimate of drug-likeness (QED) is 0.0652. The molecule has 2 heterocycles. The minimum atomic E-state index is -0.894. The van der Waals surface area contributed by atoms with Gasteiger partial charge in [0.05, 0.1) is 12.2 Å². The van der Waals surface area contributed by atoms with E-state index >= 15 is 0 Å². The molecule has 0 aliphatic carbocycles. The number of phenolic OH excluding ortho intramolecular Hbond substituents is 1. The number of ketones is 1. The molecule has 1 aromatic heterocycles. The molecule has 0 saturated carbocycles. The van der Waals surface area contributed by atoms with Crippen molar-refractivity contribution < 1.29 is 33.9 Å². The van der Waals surface area contributed by atoms with Crippen molar-refractivity contribution in [1.82, 2.24) is 31.0 Å². The second-order valence-corrected chi connectivity index (χ2v) is 13.6. The first-order valence-corrected chi connectivity index (χ1v) is 19.3. The molecule has 15 heteroatoms. The molecule has 5 N–H and O–H groups in total. The fourth-order valence-electron chi connectivity index (χ4n) is 5.66. The molecule has 0 unspecified atom stereocenters. The maximum atomic E-state index is 12.9.